The Balaban J connectivity index is 1.21. The molecule has 0 aliphatic carbocycles. The average Bonchev–Trinajstić information content (AvgIpc) is 3.67. The van der Waals surface area contributed by atoms with Gasteiger partial charge < -0.3 is 25.0 Å². The summed E-state index contributed by atoms with van der Waals surface area (Å²) in [5, 5.41) is 6.56. The van der Waals surface area contributed by atoms with E-state index in [4.69, 9.17) is 9.47 Å². The first-order valence-corrected chi connectivity index (χ1v) is 21.5. The molecule has 0 spiro atoms. The summed E-state index contributed by atoms with van der Waals surface area (Å²) in [7, 11) is 0. The number of amides is 2. The van der Waals surface area contributed by atoms with Crippen molar-refractivity contribution in [3.8, 4) is 0 Å². The molecule has 0 radical (unpaired) electrons. The standard InChI is InChI=1S/C50H57N3O5S/c1-6-36(2)45(47(55)57-35-44(54)52-46(37-22-12-7-13-23-37)38-24-14-8-15-25-38)51-33-42-32-43(34-53(42)48(56)58-49(3,4)5)59-50(39-26-16-9-17-27-39,40-28-18-10-19-29-40)41-30-20-11-21-31-41/h7-31,36,42-43,45-46,51H,6,32-35H2,1-5H3,(H,52,54)/t36?,42?,43?,45-/m0/s1. The molecule has 1 saturated heterocycles. The van der Waals surface area contributed by atoms with Gasteiger partial charge in [0.05, 0.1) is 10.8 Å². The van der Waals surface area contributed by atoms with E-state index in [9.17, 15) is 14.4 Å². The van der Waals surface area contributed by atoms with Crippen LogP contribution in [0.3, 0.4) is 0 Å². The van der Waals surface area contributed by atoms with Gasteiger partial charge in [0.2, 0.25) is 0 Å². The summed E-state index contributed by atoms with van der Waals surface area (Å²) in [6, 6.07) is 49.7. The molecule has 1 fully saturated rings. The second-order valence-electron chi connectivity index (χ2n) is 16.2. The monoisotopic (exact) mass is 811 g/mol. The predicted molar refractivity (Wildman–Crippen MR) is 237 cm³/mol. The molecule has 8 nitrogen and oxygen atoms in total. The molecule has 0 saturated carbocycles. The van der Waals surface area contributed by atoms with Crippen molar-refractivity contribution in [3.05, 3.63) is 179 Å². The van der Waals surface area contributed by atoms with Gasteiger partial charge in [0.1, 0.15) is 11.6 Å². The molecule has 308 valence electrons. The largest absolute Gasteiger partial charge is 0.454 e. The molecule has 5 aromatic rings. The fraction of sp³-hybridized carbons (Fsp3) is 0.340. The number of ether oxygens (including phenoxy) is 2. The summed E-state index contributed by atoms with van der Waals surface area (Å²) < 4.78 is 11.1. The third kappa shape index (κ3) is 11.0. The Morgan fingerprint density at radius 1 is 0.729 bits per heavy atom. The Kier molecular flexibility index (Phi) is 14.7. The maximum atomic E-state index is 14.0. The van der Waals surface area contributed by atoms with Crippen LogP contribution >= 0.6 is 11.8 Å². The van der Waals surface area contributed by atoms with Crippen LogP contribution < -0.4 is 10.6 Å². The zero-order chi connectivity index (χ0) is 41.8. The molecule has 2 amide bonds. The second-order valence-corrected chi connectivity index (χ2v) is 17.8. The molecule has 6 rings (SSSR count). The topological polar surface area (TPSA) is 97.0 Å². The number of thioether (sulfide) groups is 1. The molecule has 9 heteroatoms. The minimum Gasteiger partial charge on any atom is -0.454 e. The molecule has 3 unspecified atom stereocenters. The van der Waals surface area contributed by atoms with Crippen LogP contribution in [-0.4, -0.2) is 65.5 Å². The van der Waals surface area contributed by atoms with E-state index in [1.807, 2.05) is 130 Å². The summed E-state index contributed by atoms with van der Waals surface area (Å²) in [4.78, 5) is 43.0. The van der Waals surface area contributed by atoms with Crippen LogP contribution in [0.25, 0.3) is 0 Å². The van der Waals surface area contributed by atoms with Gasteiger partial charge in [-0.2, -0.15) is 0 Å². The number of benzene rings is 5. The number of rotatable bonds is 16. The number of carbonyl (C=O) groups is 3. The van der Waals surface area contributed by atoms with Gasteiger partial charge in [-0.15, -0.1) is 11.8 Å². The van der Waals surface area contributed by atoms with Crippen LogP contribution in [0.5, 0.6) is 0 Å². The molecular weight excluding hydrogens is 755 g/mol. The number of esters is 1. The third-order valence-electron chi connectivity index (χ3n) is 10.8. The average molecular weight is 812 g/mol. The summed E-state index contributed by atoms with van der Waals surface area (Å²) in [5.74, 6) is -1.01. The highest BCUT2D eigenvalue weighted by Crippen LogP contribution is 2.52. The lowest BCUT2D eigenvalue weighted by atomic mass is 9.84. The van der Waals surface area contributed by atoms with Gasteiger partial charge in [-0.05, 0) is 60.9 Å². The highest BCUT2D eigenvalue weighted by atomic mass is 32.2. The third-order valence-corrected chi connectivity index (χ3v) is 12.6. The molecule has 0 bridgehead atoms. The lowest BCUT2D eigenvalue weighted by molar-refractivity contribution is -0.152. The van der Waals surface area contributed by atoms with Crippen molar-refractivity contribution in [3.63, 3.8) is 0 Å². The first kappa shape index (κ1) is 43.2. The van der Waals surface area contributed by atoms with Crippen molar-refractivity contribution < 1.29 is 23.9 Å². The van der Waals surface area contributed by atoms with Gasteiger partial charge in [0.25, 0.3) is 5.91 Å². The normalized spacial score (nSPS) is 16.6. The van der Waals surface area contributed by atoms with E-state index < -0.39 is 40.9 Å². The number of likely N-dealkylation sites (tertiary alicyclic amines) is 1. The van der Waals surface area contributed by atoms with E-state index in [1.165, 1.54) is 0 Å². The summed E-state index contributed by atoms with van der Waals surface area (Å²) >= 11 is 1.85. The molecule has 1 aliphatic heterocycles. The van der Waals surface area contributed by atoms with Crippen LogP contribution in [0.4, 0.5) is 4.79 Å². The van der Waals surface area contributed by atoms with Gasteiger partial charge in [0.15, 0.2) is 6.61 Å². The minimum atomic E-state index is -0.698. The van der Waals surface area contributed by atoms with Crippen molar-refractivity contribution in [1.29, 1.82) is 0 Å². The van der Waals surface area contributed by atoms with E-state index in [0.29, 0.717) is 25.9 Å². The molecule has 2 N–H and O–H groups in total. The Morgan fingerprint density at radius 2 is 1.19 bits per heavy atom. The van der Waals surface area contributed by atoms with Gasteiger partial charge in [-0.3, -0.25) is 9.59 Å². The fourth-order valence-corrected chi connectivity index (χ4v) is 9.63. The van der Waals surface area contributed by atoms with Crippen molar-refractivity contribution in [2.24, 2.45) is 5.92 Å². The number of carbonyl (C=O) groups excluding carboxylic acids is 3. The lowest BCUT2D eigenvalue weighted by Gasteiger charge is -2.37. The minimum absolute atomic E-state index is 0.00908. The number of hydrogen-bond acceptors (Lipinski definition) is 7. The van der Waals surface area contributed by atoms with E-state index in [-0.39, 0.29) is 23.3 Å². The first-order valence-electron chi connectivity index (χ1n) is 20.6. The van der Waals surface area contributed by atoms with Crippen LogP contribution in [-0.2, 0) is 23.8 Å². The predicted octanol–water partition coefficient (Wildman–Crippen LogP) is 9.54. The van der Waals surface area contributed by atoms with Crippen molar-refractivity contribution in [1.82, 2.24) is 15.5 Å². The number of nitrogens with one attached hydrogen (secondary N) is 2. The Hall–Kier alpha value is -5.38. The molecule has 4 atom stereocenters. The van der Waals surface area contributed by atoms with Crippen LogP contribution in [0.1, 0.15) is 81.3 Å². The molecular formula is C50H57N3O5S. The maximum absolute atomic E-state index is 14.0. The zero-order valence-corrected chi connectivity index (χ0v) is 35.6. The maximum Gasteiger partial charge on any atom is 0.410 e. The molecule has 1 aliphatic rings. The smallest absolute Gasteiger partial charge is 0.410 e. The van der Waals surface area contributed by atoms with E-state index in [0.717, 1.165) is 27.8 Å². The van der Waals surface area contributed by atoms with Crippen LogP contribution in [0.2, 0.25) is 0 Å². The second kappa shape index (κ2) is 20.1. The summed E-state index contributed by atoms with van der Waals surface area (Å²) in [6.45, 7) is 10.0. The Bertz CT molecular complexity index is 1940. The van der Waals surface area contributed by atoms with Crippen molar-refractivity contribution >= 4 is 29.7 Å². The van der Waals surface area contributed by atoms with Crippen molar-refractivity contribution in [2.45, 2.75) is 81.2 Å². The number of nitrogens with zero attached hydrogens (tertiary/aromatic N) is 1. The van der Waals surface area contributed by atoms with E-state index >= 15 is 0 Å². The van der Waals surface area contributed by atoms with E-state index in [2.05, 4.69) is 83.4 Å². The van der Waals surface area contributed by atoms with Gasteiger partial charge in [-0.1, -0.05) is 172 Å². The summed E-state index contributed by atoms with van der Waals surface area (Å²) in [5.41, 5.74) is 4.61. The fourth-order valence-electron chi connectivity index (χ4n) is 7.76. The first-order chi connectivity index (χ1) is 28.5. The SMILES string of the molecule is CCC(C)[C@H](NCC1CC(SC(c2ccccc2)(c2ccccc2)c2ccccc2)CN1C(=O)OC(C)(C)C)C(=O)OCC(=O)NC(c1ccccc1)c1ccccc1. The number of hydrogen-bond donors (Lipinski definition) is 2. The molecule has 1 heterocycles. The van der Waals surface area contributed by atoms with Gasteiger partial charge in [-0.25, -0.2) is 4.79 Å². The van der Waals surface area contributed by atoms with Crippen LogP contribution in [0, 0.1) is 5.92 Å². The zero-order valence-electron chi connectivity index (χ0n) is 34.8. The van der Waals surface area contributed by atoms with Gasteiger partial charge in [0, 0.05) is 24.4 Å². The summed E-state index contributed by atoms with van der Waals surface area (Å²) in [6.07, 6.45) is 0.981. The van der Waals surface area contributed by atoms with Crippen LogP contribution in [0.15, 0.2) is 152 Å². The van der Waals surface area contributed by atoms with E-state index in [1.54, 1.807) is 0 Å². The van der Waals surface area contributed by atoms with Gasteiger partial charge >= 0.3 is 12.1 Å². The highest BCUT2D eigenvalue weighted by Gasteiger charge is 2.45. The Morgan fingerprint density at radius 3 is 1.63 bits per heavy atom. The quantitative estimate of drug-likeness (QED) is 0.0757. The highest BCUT2D eigenvalue weighted by molar-refractivity contribution is 8.01. The molecule has 5 aromatic carbocycles. The Labute approximate surface area is 354 Å². The molecule has 59 heavy (non-hydrogen) atoms. The molecule has 0 aromatic heterocycles. The lowest BCUT2D eigenvalue weighted by Crippen LogP contribution is -2.50. The van der Waals surface area contributed by atoms with Crippen molar-refractivity contribution in [2.75, 3.05) is 19.7 Å².